The molecular formula is C23H26N4O. The summed E-state index contributed by atoms with van der Waals surface area (Å²) in [5.74, 6) is 0.210. The lowest BCUT2D eigenvalue weighted by Crippen LogP contribution is -2.24. The number of hydrogen-bond acceptors (Lipinski definition) is 4. The van der Waals surface area contributed by atoms with Crippen LogP contribution in [-0.4, -0.2) is 15.9 Å². The van der Waals surface area contributed by atoms with Gasteiger partial charge in [0.05, 0.1) is 0 Å². The van der Waals surface area contributed by atoms with Crippen LogP contribution in [0.2, 0.25) is 0 Å². The molecule has 0 radical (unpaired) electrons. The lowest BCUT2D eigenvalue weighted by Gasteiger charge is -2.14. The zero-order chi connectivity index (χ0) is 20.3. The summed E-state index contributed by atoms with van der Waals surface area (Å²) in [6.07, 6.45) is 0. The molecular weight excluding hydrogens is 348 g/mol. The van der Waals surface area contributed by atoms with Gasteiger partial charge in [-0.1, -0.05) is 47.5 Å². The third-order valence-electron chi connectivity index (χ3n) is 4.57. The summed E-state index contributed by atoms with van der Waals surface area (Å²) >= 11 is 0. The highest BCUT2D eigenvalue weighted by molar-refractivity contribution is 5.92. The van der Waals surface area contributed by atoms with E-state index in [9.17, 15) is 4.79 Å². The molecule has 1 amide bonds. The highest BCUT2D eigenvalue weighted by Crippen LogP contribution is 2.24. The second-order valence-electron chi connectivity index (χ2n) is 7.29. The van der Waals surface area contributed by atoms with Crippen LogP contribution < -0.4 is 10.6 Å². The number of rotatable bonds is 5. The zero-order valence-electron chi connectivity index (χ0n) is 17.1. The van der Waals surface area contributed by atoms with E-state index in [2.05, 4.69) is 39.7 Å². The molecule has 144 valence electrons. The van der Waals surface area contributed by atoms with Gasteiger partial charge in [-0.3, -0.25) is 4.79 Å². The van der Waals surface area contributed by atoms with Crippen LogP contribution in [0.4, 0.5) is 11.6 Å². The third-order valence-corrected chi connectivity index (χ3v) is 4.57. The lowest BCUT2D eigenvalue weighted by atomic mass is 10.1. The van der Waals surface area contributed by atoms with E-state index in [0.29, 0.717) is 18.2 Å². The fourth-order valence-corrected chi connectivity index (χ4v) is 3.21. The van der Waals surface area contributed by atoms with Crippen LogP contribution in [0.5, 0.6) is 0 Å². The van der Waals surface area contributed by atoms with Gasteiger partial charge in [0.15, 0.2) is 0 Å². The van der Waals surface area contributed by atoms with E-state index in [4.69, 9.17) is 0 Å². The first-order chi connectivity index (χ1) is 13.3. The van der Waals surface area contributed by atoms with Crippen LogP contribution >= 0.6 is 0 Å². The summed E-state index contributed by atoms with van der Waals surface area (Å²) < 4.78 is 0. The van der Waals surface area contributed by atoms with Gasteiger partial charge in [0.2, 0.25) is 5.95 Å². The Morgan fingerprint density at radius 3 is 2.14 bits per heavy atom. The molecule has 2 aromatic carbocycles. The maximum Gasteiger partial charge on any atom is 0.270 e. The molecule has 5 nitrogen and oxygen atoms in total. The van der Waals surface area contributed by atoms with Crippen molar-refractivity contribution in [3.05, 3.63) is 81.7 Å². The van der Waals surface area contributed by atoms with Crippen molar-refractivity contribution in [3.8, 4) is 0 Å². The number of benzene rings is 2. The van der Waals surface area contributed by atoms with Crippen LogP contribution in [0.25, 0.3) is 0 Å². The van der Waals surface area contributed by atoms with Crippen LogP contribution in [-0.2, 0) is 6.54 Å². The Kier molecular flexibility index (Phi) is 5.73. The Morgan fingerprint density at radius 1 is 0.857 bits per heavy atom. The average Bonchev–Trinajstić information content (AvgIpc) is 2.63. The van der Waals surface area contributed by atoms with Crippen LogP contribution in [0, 0.1) is 34.6 Å². The topological polar surface area (TPSA) is 66.9 Å². The Morgan fingerprint density at radius 2 is 1.50 bits per heavy atom. The van der Waals surface area contributed by atoms with Crippen molar-refractivity contribution in [1.82, 2.24) is 15.3 Å². The van der Waals surface area contributed by atoms with Crippen molar-refractivity contribution in [2.45, 2.75) is 41.2 Å². The van der Waals surface area contributed by atoms with Crippen LogP contribution in [0.15, 0.2) is 42.5 Å². The molecule has 0 atom stereocenters. The molecule has 0 aliphatic carbocycles. The number of amides is 1. The monoisotopic (exact) mass is 374 g/mol. The smallest absolute Gasteiger partial charge is 0.270 e. The predicted molar refractivity (Wildman–Crippen MR) is 113 cm³/mol. The quantitative estimate of drug-likeness (QED) is 0.680. The van der Waals surface area contributed by atoms with E-state index in [1.807, 2.05) is 52.0 Å². The van der Waals surface area contributed by atoms with Gasteiger partial charge in [-0.05, 0) is 57.4 Å². The maximum atomic E-state index is 12.6. The Labute approximate surface area is 166 Å². The van der Waals surface area contributed by atoms with Gasteiger partial charge in [-0.2, -0.15) is 0 Å². The minimum Gasteiger partial charge on any atom is -0.347 e. The number of nitrogens with zero attached hydrogens (tertiary/aromatic N) is 2. The van der Waals surface area contributed by atoms with Gasteiger partial charge in [0, 0.05) is 17.9 Å². The van der Waals surface area contributed by atoms with Gasteiger partial charge in [0.1, 0.15) is 5.69 Å². The average molecular weight is 374 g/mol. The van der Waals surface area contributed by atoms with Gasteiger partial charge in [-0.15, -0.1) is 0 Å². The molecule has 0 fully saturated rings. The van der Waals surface area contributed by atoms with E-state index in [0.717, 1.165) is 28.1 Å². The van der Waals surface area contributed by atoms with Crippen molar-refractivity contribution < 1.29 is 4.79 Å². The van der Waals surface area contributed by atoms with E-state index >= 15 is 0 Å². The van der Waals surface area contributed by atoms with Crippen LogP contribution in [0.1, 0.15) is 44.0 Å². The summed E-state index contributed by atoms with van der Waals surface area (Å²) in [6, 6.07) is 14.0. The molecule has 0 aliphatic rings. The summed E-state index contributed by atoms with van der Waals surface area (Å²) in [7, 11) is 0. The molecule has 28 heavy (non-hydrogen) atoms. The molecule has 2 N–H and O–H groups in total. The summed E-state index contributed by atoms with van der Waals surface area (Å²) in [5, 5.41) is 6.21. The Bertz CT molecular complexity index is 987. The summed E-state index contributed by atoms with van der Waals surface area (Å²) in [5.41, 5.74) is 7.75. The molecule has 0 saturated heterocycles. The molecule has 3 rings (SSSR count). The Hall–Kier alpha value is -3.21. The van der Waals surface area contributed by atoms with E-state index in [1.165, 1.54) is 11.1 Å². The molecule has 0 bridgehead atoms. The minimum absolute atomic E-state index is 0.216. The highest BCUT2D eigenvalue weighted by atomic mass is 16.1. The number of carbonyl (C=O) groups excluding carboxylic acids is 1. The standard InChI is InChI=1S/C23H26N4O/c1-14-6-8-19(9-7-14)13-24-22(28)20-12-18(5)25-23(26-20)27-21-16(3)10-15(2)11-17(21)4/h6-12H,13H2,1-5H3,(H,24,28)(H,25,26,27). The zero-order valence-corrected chi connectivity index (χ0v) is 17.1. The fraction of sp³-hybridized carbons (Fsp3) is 0.261. The van der Waals surface area contributed by atoms with Gasteiger partial charge in [0.25, 0.3) is 5.91 Å². The van der Waals surface area contributed by atoms with E-state index in [-0.39, 0.29) is 5.91 Å². The fourth-order valence-electron chi connectivity index (χ4n) is 3.21. The first-order valence-corrected chi connectivity index (χ1v) is 9.36. The highest BCUT2D eigenvalue weighted by Gasteiger charge is 2.12. The number of carbonyl (C=O) groups is 1. The molecule has 0 spiro atoms. The minimum atomic E-state index is -0.216. The molecule has 3 aromatic rings. The molecule has 1 aromatic heterocycles. The van der Waals surface area contributed by atoms with Gasteiger partial charge >= 0.3 is 0 Å². The third kappa shape index (κ3) is 4.74. The molecule has 5 heteroatoms. The maximum absolute atomic E-state index is 12.6. The van der Waals surface area contributed by atoms with Crippen LogP contribution in [0.3, 0.4) is 0 Å². The van der Waals surface area contributed by atoms with Crippen molar-refractivity contribution in [3.63, 3.8) is 0 Å². The SMILES string of the molecule is Cc1ccc(CNC(=O)c2cc(C)nc(Nc3c(C)cc(C)cc3C)n2)cc1. The first-order valence-electron chi connectivity index (χ1n) is 9.36. The number of aromatic nitrogens is 2. The van der Waals surface area contributed by atoms with Gasteiger partial charge in [-0.25, -0.2) is 9.97 Å². The normalized spacial score (nSPS) is 10.6. The van der Waals surface area contributed by atoms with Crippen molar-refractivity contribution in [1.29, 1.82) is 0 Å². The lowest BCUT2D eigenvalue weighted by molar-refractivity contribution is 0.0945. The number of anilines is 2. The molecule has 0 aliphatic heterocycles. The molecule has 1 heterocycles. The predicted octanol–water partition coefficient (Wildman–Crippen LogP) is 4.69. The summed E-state index contributed by atoms with van der Waals surface area (Å²) in [6.45, 7) is 10.5. The summed E-state index contributed by atoms with van der Waals surface area (Å²) in [4.78, 5) is 21.5. The van der Waals surface area contributed by atoms with Crippen molar-refractivity contribution in [2.75, 3.05) is 5.32 Å². The first kappa shape index (κ1) is 19.5. The van der Waals surface area contributed by atoms with Crippen molar-refractivity contribution >= 4 is 17.5 Å². The van der Waals surface area contributed by atoms with Crippen molar-refractivity contribution in [2.24, 2.45) is 0 Å². The second-order valence-corrected chi connectivity index (χ2v) is 7.29. The second kappa shape index (κ2) is 8.21. The number of nitrogens with one attached hydrogen (secondary N) is 2. The van der Waals surface area contributed by atoms with E-state index in [1.54, 1.807) is 6.07 Å². The van der Waals surface area contributed by atoms with E-state index < -0.39 is 0 Å². The largest absolute Gasteiger partial charge is 0.347 e. The Balaban J connectivity index is 1.77. The number of hydrogen-bond donors (Lipinski definition) is 2. The molecule has 0 saturated carbocycles. The molecule has 0 unspecified atom stereocenters. The van der Waals surface area contributed by atoms with Gasteiger partial charge < -0.3 is 10.6 Å². The number of aryl methyl sites for hydroxylation is 5.